The van der Waals surface area contributed by atoms with Crippen molar-refractivity contribution in [3.63, 3.8) is 0 Å². The van der Waals surface area contributed by atoms with Gasteiger partial charge >= 0.3 is 0 Å². The molecule has 0 spiro atoms. The molecule has 0 aliphatic carbocycles. The maximum Gasteiger partial charge on any atom is 0.251 e. The smallest absolute Gasteiger partial charge is 0.251 e. The van der Waals surface area contributed by atoms with E-state index in [1.54, 1.807) is 24.3 Å². The molecule has 6 nitrogen and oxygen atoms in total. The predicted molar refractivity (Wildman–Crippen MR) is 80.3 cm³/mol. The molecule has 1 heterocycles. The van der Waals surface area contributed by atoms with Crippen molar-refractivity contribution in [1.82, 2.24) is 10.6 Å². The molecule has 1 saturated heterocycles. The number of amides is 2. The fourth-order valence-corrected chi connectivity index (χ4v) is 2.01. The summed E-state index contributed by atoms with van der Waals surface area (Å²) in [7, 11) is 0. The minimum Gasteiger partial charge on any atom is -0.378 e. The second-order valence-electron chi connectivity index (χ2n) is 5.28. The van der Waals surface area contributed by atoms with Crippen LogP contribution in [-0.4, -0.2) is 43.7 Å². The van der Waals surface area contributed by atoms with E-state index in [1.807, 2.05) is 13.8 Å². The highest BCUT2D eigenvalue weighted by atomic mass is 16.5. The van der Waals surface area contributed by atoms with Gasteiger partial charge in [-0.2, -0.15) is 0 Å². The molecule has 2 rings (SSSR count). The molecule has 114 valence electrons. The highest BCUT2D eigenvalue weighted by molar-refractivity contribution is 5.97. The monoisotopic (exact) mass is 291 g/mol. The summed E-state index contributed by atoms with van der Waals surface area (Å²) in [5.74, 6) is -0.251. The van der Waals surface area contributed by atoms with Crippen LogP contribution in [0, 0.1) is 0 Å². The first-order valence-corrected chi connectivity index (χ1v) is 7.09. The molecule has 0 aromatic heterocycles. The Balaban J connectivity index is 1.92. The topological polar surface area (TPSA) is 79.5 Å². The van der Waals surface area contributed by atoms with Crippen LogP contribution in [0.3, 0.4) is 0 Å². The van der Waals surface area contributed by atoms with E-state index in [4.69, 9.17) is 4.74 Å². The summed E-state index contributed by atoms with van der Waals surface area (Å²) in [6.07, 6.45) is 0. The fourth-order valence-electron chi connectivity index (χ4n) is 2.01. The van der Waals surface area contributed by atoms with Crippen molar-refractivity contribution in [2.24, 2.45) is 0 Å². The SMILES string of the molecule is CC(C)NC(=O)c1ccc(NC(=O)C2COCCN2)cc1. The molecule has 0 bridgehead atoms. The van der Waals surface area contributed by atoms with Crippen LogP contribution >= 0.6 is 0 Å². The van der Waals surface area contributed by atoms with Crippen molar-refractivity contribution < 1.29 is 14.3 Å². The number of ether oxygens (including phenoxy) is 1. The van der Waals surface area contributed by atoms with Gasteiger partial charge in [0, 0.05) is 23.8 Å². The number of nitrogens with one attached hydrogen (secondary N) is 3. The molecule has 1 aromatic carbocycles. The van der Waals surface area contributed by atoms with Crippen molar-refractivity contribution in [3.8, 4) is 0 Å². The summed E-state index contributed by atoms with van der Waals surface area (Å²) in [4.78, 5) is 23.8. The normalized spacial score (nSPS) is 18.3. The number of benzene rings is 1. The lowest BCUT2D eigenvalue weighted by Gasteiger charge is -2.22. The maximum absolute atomic E-state index is 12.0. The number of carbonyl (C=O) groups excluding carboxylic acids is 2. The molecule has 2 amide bonds. The Morgan fingerprint density at radius 1 is 1.29 bits per heavy atom. The molecular weight excluding hydrogens is 270 g/mol. The lowest BCUT2D eigenvalue weighted by atomic mass is 10.1. The Bertz CT molecular complexity index is 493. The van der Waals surface area contributed by atoms with Gasteiger partial charge in [0.25, 0.3) is 5.91 Å². The van der Waals surface area contributed by atoms with Crippen molar-refractivity contribution in [2.75, 3.05) is 25.1 Å². The number of hydrogen-bond donors (Lipinski definition) is 3. The lowest BCUT2D eigenvalue weighted by molar-refractivity contribution is -0.120. The largest absolute Gasteiger partial charge is 0.378 e. The van der Waals surface area contributed by atoms with Crippen molar-refractivity contribution in [1.29, 1.82) is 0 Å². The molecule has 1 aliphatic heterocycles. The Morgan fingerprint density at radius 2 is 2.00 bits per heavy atom. The maximum atomic E-state index is 12.0. The summed E-state index contributed by atoms with van der Waals surface area (Å²) in [5.41, 5.74) is 1.23. The van der Waals surface area contributed by atoms with E-state index in [0.717, 1.165) is 0 Å². The second kappa shape index (κ2) is 7.19. The quantitative estimate of drug-likeness (QED) is 0.765. The third kappa shape index (κ3) is 4.54. The van der Waals surface area contributed by atoms with E-state index in [-0.39, 0.29) is 23.9 Å². The van der Waals surface area contributed by atoms with Crippen LogP contribution in [0.2, 0.25) is 0 Å². The Morgan fingerprint density at radius 3 is 2.57 bits per heavy atom. The number of anilines is 1. The van der Waals surface area contributed by atoms with E-state index < -0.39 is 0 Å². The summed E-state index contributed by atoms with van der Waals surface area (Å²) >= 11 is 0. The summed E-state index contributed by atoms with van der Waals surface area (Å²) in [6.45, 7) is 5.49. The van der Waals surface area contributed by atoms with Crippen LogP contribution in [0.1, 0.15) is 24.2 Å². The van der Waals surface area contributed by atoms with Crippen LogP contribution in [0.5, 0.6) is 0 Å². The second-order valence-corrected chi connectivity index (χ2v) is 5.28. The van der Waals surface area contributed by atoms with Gasteiger partial charge in [0.2, 0.25) is 5.91 Å². The zero-order valence-electron chi connectivity index (χ0n) is 12.3. The average Bonchev–Trinajstić information content (AvgIpc) is 2.48. The van der Waals surface area contributed by atoms with E-state index in [2.05, 4.69) is 16.0 Å². The molecule has 0 radical (unpaired) electrons. The molecule has 21 heavy (non-hydrogen) atoms. The first-order valence-electron chi connectivity index (χ1n) is 7.09. The first-order chi connectivity index (χ1) is 10.1. The van der Waals surface area contributed by atoms with Gasteiger partial charge in [-0.15, -0.1) is 0 Å². The van der Waals surface area contributed by atoms with Crippen LogP contribution in [0.4, 0.5) is 5.69 Å². The summed E-state index contributed by atoms with van der Waals surface area (Å²) in [6, 6.07) is 6.58. The third-order valence-corrected chi connectivity index (χ3v) is 3.07. The summed E-state index contributed by atoms with van der Waals surface area (Å²) < 4.78 is 5.25. The molecule has 6 heteroatoms. The number of hydrogen-bond acceptors (Lipinski definition) is 4. The number of carbonyl (C=O) groups is 2. The zero-order valence-corrected chi connectivity index (χ0v) is 12.3. The molecule has 1 aromatic rings. The third-order valence-electron chi connectivity index (χ3n) is 3.07. The van der Waals surface area contributed by atoms with Gasteiger partial charge in [-0.05, 0) is 38.1 Å². The van der Waals surface area contributed by atoms with Crippen molar-refractivity contribution >= 4 is 17.5 Å². The minimum absolute atomic E-state index is 0.0919. The van der Waals surface area contributed by atoms with Crippen LogP contribution in [0.15, 0.2) is 24.3 Å². The van der Waals surface area contributed by atoms with Gasteiger partial charge in [-0.25, -0.2) is 0 Å². The fraction of sp³-hybridized carbons (Fsp3) is 0.467. The number of rotatable bonds is 4. The Hall–Kier alpha value is -1.92. The van der Waals surface area contributed by atoms with Gasteiger partial charge < -0.3 is 20.7 Å². The molecule has 1 atom stereocenters. The van der Waals surface area contributed by atoms with E-state index in [1.165, 1.54) is 0 Å². The lowest BCUT2D eigenvalue weighted by Crippen LogP contribution is -2.48. The van der Waals surface area contributed by atoms with E-state index in [0.29, 0.717) is 31.0 Å². The zero-order chi connectivity index (χ0) is 15.2. The molecule has 1 aliphatic rings. The van der Waals surface area contributed by atoms with E-state index >= 15 is 0 Å². The first kappa shape index (κ1) is 15.5. The Kier molecular flexibility index (Phi) is 5.30. The molecule has 3 N–H and O–H groups in total. The van der Waals surface area contributed by atoms with Crippen LogP contribution in [-0.2, 0) is 9.53 Å². The average molecular weight is 291 g/mol. The van der Waals surface area contributed by atoms with Crippen LogP contribution in [0.25, 0.3) is 0 Å². The molecule has 0 saturated carbocycles. The highest BCUT2D eigenvalue weighted by Crippen LogP contribution is 2.10. The minimum atomic E-state index is -0.331. The predicted octanol–water partition coefficient (Wildman–Crippen LogP) is 0.752. The van der Waals surface area contributed by atoms with Gasteiger partial charge in [0.1, 0.15) is 6.04 Å². The van der Waals surface area contributed by atoms with Crippen LogP contribution < -0.4 is 16.0 Å². The van der Waals surface area contributed by atoms with Gasteiger partial charge in [-0.3, -0.25) is 9.59 Å². The molecule has 1 unspecified atom stereocenters. The standard InChI is InChI=1S/C15H21N3O3/c1-10(2)17-14(19)11-3-5-12(6-4-11)18-15(20)13-9-21-8-7-16-13/h3-6,10,13,16H,7-9H2,1-2H3,(H,17,19)(H,18,20). The van der Waals surface area contributed by atoms with Gasteiger partial charge in [0.05, 0.1) is 13.2 Å². The van der Waals surface area contributed by atoms with Crippen molar-refractivity contribution in [3.05, 3.63) is 29.8 Å². The highest BCUT2D eigenvalue weighted by Gasteiger charge is 2.21. The summed E-state index contributed by atoms with van der Waals surface area (Å²) in [5, 5.41) is 8.71. The van der Waals surface area contributed by atoms with E-state index in [9.17, 15) is 9.59 Å². The van der Waals surface area contributed by atoms with Crippen molar-refractivity contribution in [2.45, 2.75) is 25.9 Å². The number of morpholine rings is 1. The molecular formula is C15H21N3O3. The molecule has 1 fully saturated rings. The van der Waals surface area contributed by atoms with Gasteiger partial charge in [0.15, 0.2) is 0 Å². The Labute approximate surface area is 124 Å². The van der Waals surface area contributed by atoms with Gasteiger partial charge in [-0.1, -0.05) is 0 Å².